The van der Waals surface area contributed by atoms with E-state index in [0.29, 0.717) is 0 Å². The van der Waals surface area contributed by atoms with Gasteiger partial charge in [-0.2, -0.15) is 0 Å². The predicted octanol–water partition coefficient (Wildman–Crippen LogP) is 4.82. The highest BCUT2D eigenvalue weighted by Gasteiger charge is 2.41. The first-order valence-electron chi connectivity index (χ1n) is 9.19. The number of para-hydroxylation sites is 1. The Labute approximate surface area is 165 Å². The lowest BCUT2D eigenvalue weighted by Crippen LogP contribution is -2.29. The van der Waals surface area contributed by atoms with Gasteiger partial charge in [0.25, 0.3) is 0 Å². The van der Waals surface area contributed by atoms with E-state index in [9.17, 15) is 0 Å². The van der Waals surface area contributed by atoms with Gasteiger partial charge < -0.3 is 14.8 Å². The van der Waals surface area contributed by atoms with Crippen molar-refractivity contribution < 1.29 is 0 Å². The van der Waals surface area contributed by atoms with Crippen LogP contribution in [-0.4, -0.2) is 14.7 Å². The Morgan fingerprint density at radius 3 is 2.37 bits per heavy atom. The maximum atomic E-state index is 5.74. The maximum Gasteiger partial charge on any atom is 0.174 e. The second-order valence-corrected chi connectivity index (χ2v) is 8.24. The summed E-state index contributed by atoms with van der Waals surface area (Å²) in [6.07, 6.45) is 6.21. The molecule has 4 rings (SSSR count). The van der Waals surface area contributed by atoms with Crippen LogP contribution in [0, 0.1) is 0 Å². The molecular weight excluding hydrogens is 352 g/mol. The highest BCUT2D eigenvalue weighted by molar-refractivity contribution is 7.80. The number of hydrogen-bond acceptors (Lipinski definition) is 2. The molecule has 5 heteroatoms. The van der Waals surface area contributed by atoms with Crippen molar-refractivity contribution in [2.75, 3.05) is 4.90 Å². The van der Waals surface area contributed by atoms with Gasteiger partial charge in [-0.3, -0.25) is 4.98 Å². The van der Waals surface area contributed by atoms with E-state index in [1.165, 1.54) is 5.56 Å². The van der Waals surface area contributed by atoms with Gasteiger partial charge >= 0.3 is 0 Å². The minimum absolute atomic E-state index is 0.00488. The molecule has 3 aromatic rings. The van der Waals surface area contributed by atoms with Crippen LogP contribution in [0.1, 0.15) is 44.1 Å². The van der Waals surface area contributed by atoms with Crippen LogP contribution in [-0.2, 0) is 5.54 Å². The first kappa shape index (κ1) is 17.7. The average molecular weight is 377 g/mol. The SMILES string of the molecule is CC(C)(C)n1ccc(C2C(c3ccccn3)NC(=S)N2c2ccccc2)c1. The standard InChI is InChI=1S/C22H24N4S/c1-22(2,3)25-14-12-16(15-25)20-19(18-11-7-8-13-23-18)24-21(27)26(20)17-9-5-4-6-10-17/h4-15,19-20H,1-3H3,(H,24,27). The third-order valence-electron chi connectivity index (χ3n) is 4.96. The molecule has 4 nitrogen and oxygen atoms in total. The molecule has 0 radical (unpaired) electrons. The normalized spacial score (nSPS) is 20.0. The lowest BCUT2D eigenvalue weighted by molar-refractivity contribution is 0.397. The zero-order chi connectivity index (χ0) is 19.0. The second kappa shape index (κ2) is 6.82. The van der Waals surface area contributed by atoms with Crippen LogP contribution in [0.15, 0.2) is 73.2 Å². The molecule has 138 valence electrons. The number of nitrogens with one attached hydrogen (secondary N) is 1. The second-order valence-electron chi connectivity index (χ2n) is 7.86. The molecule has 27 heavy (non-hydrogen) atoms. The summed E-state index contributed by atoms with van der Waals surface area (Å²) in [4.78, 5) is 6.80. The Morgan fingerprint density at radius 2 is 1.74 bits per heavy atom. The molecule has 1 saturated heterocycles. The van der Waals surface area contributed by atoms with Gasteiger partial charge in [-0.1, -0.05) is 24.3 Å². The van der Waals surface area contributed by atoms with Crippen LogP contribution in [0.4, 0.5) is 5.69 Å². The van der Waals surface area contributed by atoms with Gasteiger partial charge in [-0.25, -0.2) is 0 Å². The molecule has 0 spiro atoms. The highest BCUT2D eigenvalue weighted by atomic mass is 32.1. The first-order valence-corrected chi connectivity index (χ1v) is 9.60. The number of benzene rings is 1. The number of thiocarbonyl (C=S) groups is 1. The largest absolute Gasteiger partial charge is 0.351 e. The number of hydrogen-bond donors (Lipinski definition) is 1. The molecule has 0 bridgehead atoms. The lowest BCUT2D eigenvalue weighted by atomic mass is 9.98. The number of pyridine rings is 1. The predicted molar refractivity (Wildman–Crippen MR) is 114 cm³/mol. The van der Waals surface area contributed by atoms with Gasteiger partial charge in [0.15, 0.2) is 5.11 Å². The summed E-state index contributed by atoms with van der Waals surface area (Å²) in [7, 11) is 0. The number of anilines is 1. The van der Waals surface area contributed by atoms with Crippen LogP contribution >= 0.6 is 12.2 Å². The van der Waals surface area contributed by atoms with Crippen molar-refractivity contribution >= 4 is 23.0 Å². The molecule has 1 N–H and O–H groups in total. The molecule has 1 aliphatic heterocycles. The van der Waals surface area contributed by atoms with Gasteiger partial charge in [0.2, 0.25) is 0 Å². The van der Waals surface area contributed by atoms with E-state index in [2.05, 4.69) is 77.2 Å². The summed E-state index contributed by atoms with van der Waals surface area (Å²) >= 11 is 5.74. The molecule has 1 aromatic carbocycles. The third kappa shape index (κ3) is 3.35. The fourth-order valence-corrected chi connectivity index (χ4v) is 3.91. The summed E-state index contributed by atoms with van der Waals surface area (Å²) < 4.78 is 2.25. The highest BCUT2D eigenvalue weighted by Crippen LogP contribution is 2.41. The van der Waals surface area contributed by atoms with E-state index < -0.39 is 0 Å². The lowest BCUT2D eigenvalue weighted by Gasteiger charge is -2.27. The fraction of sp³-hybridized carbons (Fsp3) is 0.273. The number of aromatic nitrogens is 2. The molecule has 0 amide bonds. The van der Waals surface area contributed by atoms with E-state index in [4.69, 9.17) is 12.2 Å². The summed E-state index contributed by atoms with van der Waals surface area (Å²) in [5, 5.41) is 4.23. The van der Waals surface area contributed by atoms with Crippen LogP contribution in [0.5, 0.6) is 0 Å². The zero-order valence-corrected chi connectivity index (χ0v) is 16.6. The average Bonchev–Trinajstić information content (AvgIpc) is 3.27. The Kier molecular flexibility index (Phi) is 4.48. The van der Waals surface area contributed by atoms with Gasteiger partial charge in [-0.05, 0) is 68.9 Å². The summed E-state index contributed by atoms with van der Waals surface area (Å²) in [6, 6.07) is 18.6. The van der Waals surface area contributed by atoms with E-state index in [-0.39, 0.29) is 17.6 Å². The van der Waals surface area contributed by atoms with Crippen LogP contribution in [0.25, 0.3) is 0 Å². The smallest absolute Gasteiger partial charge is 0.174 e. The van der Waals surface area contributed by atoms with E-state index in [0.717, 1.165) is 16.5 Å². The van der Waals surface area contributed by atoms with Gasteiger partial charge in [0, 0.05) is 29.8 Å². The molecule has 0 saturated carbocycles. The van der Waals surface area contributed by atoms with Crippen LogP contribution in [0.2, 0.25) is 0 Å². The van der Waals surface area contributed by atoms with Crippen molar-refractivity contribution in [3.63, 3.8) is 0 Å². The van der Waals surface area contributed by atoms with Gasteiger partial charge in [-0.15, -0.1) is 0 Å². The monoisotopic (exact) mass is 376 g/mol. The Bertz CT molecular complexity index is 928. The quantitative estimate of drug-likeness (QED) is 0.665. The third-order valence-corrected chi connectivity index (χ3v) is 5.28. The van der Waals surface area contributed by atoms with E-state index >= 15 is 0 Å². The van der Waals surface area contributed by atoms with Gasteiger partial charge in [0.05, 0.1) is 17.8 Å². The van der Waals surface area contributed by atoms with Gasteiger partial charge in [0.1, 0.15) is 0 Å². The Morgan fingerprint density at radius 1 is 1.00 bits per heavy atom. The molecule has 1 aliphatic rings. The van der Waals surface area contributed by atoms with Crippen molar-refractivity contribution in [3.05, 3.63) is 84.4 Å². The Hall–Kier alpha value is -2.66. The molecule has 0 aliphatic carbocycles. The maximum absolute atomic E-state index is 5.74. The minimum atomic E-state index is -0.00488. The van der Waals surface area contributed by atoms with Crippen molar-refractivity contribution in [2.24, 2.45) is 0 Å². The van der Waals surface area contributed by atoms with Crippen molar-refractivity contribution in [1.82, 2.24) is 14.9 Å². The first-order chi connectivity index (χ1) is 12.9. The van der Waals surface area contributed by atoms with Crippen LogP contribution < -0.4 is 10.2 Å². The fourth-order valence-electron chi connectivity index (χ4n) is 3.57. The molecule has 2 atom stereocenters. The molecule has 1 fully saturated rings. The Balaban J connectivity index is 1.82. The van der Waals surface area contributed by atoms with Crippen LogP contribution in [0.3, 0.4) is 0 Å². The number of nitrogens with zero attached hydrogens (tertiary/aromatic N) is 3. The van der Waals surface area contributed by atoms with E-state index in [1.807, 2.05) is 36.5 Å². The molecule has 2 aromatic heterocycles. The zero-order valence-electron chi connectivity index (χ0n) is 15.8. The van der Waals surface area contributed by atoms with Crippen molar-refractivity contribution in [2.45, 2.75) is 38.4 Å². The molecule has 3 heterocycles. The number of rotatable bonds is 3. The molecule has 2 unspecified atom stereocenters. The minimum Gasteiger partial charge on any atom is -0.351 e. The van der Waals surface area contributed by atoms with Crippen molar-refractivity contribution in [1.29, 1.82) is 0 Å². The van der Waals surface area contributed by atoms with Crippen molar-refractivity contribution in [3.8, 4) is 0 Å². The van der Waals surface area contributed by atoms with E-state index in [1.54, 1.807) is 0 Å². The summed E-state index contributed by atoms with van der Waals surface area (Å²) in [6.45, 7) is 6.62. The topological polar surface area (TPSA) is 33.1 Å². The summed E-state index contributed by atoms with van der Waals surface area (Å²) in [5.41, 5.74) is 3.33. The molecular formula is C22H24N4S. The summed E-state index contributed by atoms with van der Waals surface area (Å²) in [5.74, 6) is 0.